The minimum absolute atomic E-state index is 0.179. The summed E-state index contributed by atoms with van der Waals surface area (Å²) in [5.41, 5.74) is 0.205. The molecule has 1 heterocycles. The van der Waals surface area contributed by atoms with Crippen LogP contribution in [0.25, 0.3) is 0 Å². The molecule has 1 saturated carbocycles. The van der Waals surface area contributed by atoms with Crippen LogP contribution < -0.4 is 0 Å². The molecule has 6 heteroatoms. The molecular weight excluding hydrogens is 259 g/mol. The first-order valence-electron chi connectivity index (χ1n) is 6.21. The summed E-state index contributed by atoms with van der Waals surface area (Å²) < 4.78 is 42.9. The first kappa shape index (κ1) is 14.0. The Balaban J connectivity index is 2.21. The van der Waals surface area contributed by atoms with Crippen molar-refractivity contribution < 1.29 is 22.4 Å². The lowest BCUT2D eigenvalue weighted by Crippen LogP contribution is -2.45. The summed E-state index contributed by atoms with van der Waals surface area (Å²) in [6, 6.07) is 1.02. The summed E-state index contributed by atoms with van der Waals surface area (Å²) in [4.78, 5) is 13.2. The quantitative estimate of drug-likeness (QED) is 0.844. The fourth-order valence-corrected chi connectivity index (χ4v) is 2.19. The molecule has 0 aromatic carbocycles. The van der Waals surface area contributed by atoms with Crippen LogP contribution >= 0.6 is 0 Å². The third-order valence-electron chi connectivity index (χ3n) is 3.50. The Labute approximate surface area is 109 Å². The van der Waals surface area contributed by atoms with Crippen LogP contribution in [0.15, 0.2) is 16.7 Å². The van der Waals surface area contributed by atoms with E-state index in [0.717, 1.165) is 17.7 Å². The smallest absolute Gasteiger partial charge is 0.406 e. The number of nitrogens with zero attached hydrogens (tertiary/aromatic N) is 1. The van der Waals surface area contributed by atoms with Gasteiger partial charge < -0.3 is 9.32 Å². The summed E-state index contributed by atoms with van der Waals surface area (Å²) in [5, 5.41) is 0. The van der Waals surface area contributed by atoms with Crippen LogP contribution in [0.4, 0.5) is 13.2 Å². The number of rotatable bonds is 4. The molecule has 1 atom stereocenters. The summed E-state index contributed by atoms with van der Waals surface area (Å²) in [7, 11) is 0. The Morgan fingerprint density at radius 2 is 2.16 bits per heavy atom. The van der Waals surface area contributed by atoms with E-state index < -0.39 is 24.7 Å². The van der Waals surface area contributed by atoms with Gasteiger partial charge in [0.05, 0.1) is 11.8 Å². The molecule has 1 fully saturated rings. The van der Waals surface area contributed by atoms with Gasteiger partial charge in [0.15, 0.2) is 0 Å². The highest BCUT2D eigenvalue weighted by Crippen LogP contribution is 2.36. The van der Waals surface area contributed by atoms with E-state index in [-0.39, 0.29) is 11.5 Å². The molecule has 1 aromatic rings. The summed E-state index contributed by atoms with van der Waals surface area (Å²) >= 11 is 0. The van der Waals surface area contributed by atoms with Gasteiger partial charge in [-0.1, -0.05) is 0 Å². The summed E-state index contributed by atoms with van der Waals surface area (Å²) in [6.45, 7) is 2.03. The molecule has 0 radical (unpaired) electrons. The molecule has 1 aromatic heterocycles. The van der Waals surface area contributed by atoms with E-state index in [4.69, 9.17) is 4.42 Å². The Hall–Kier alpha value is -1.46. The van der Waals surface area contributed by atoms with Crippen LogP contribution in [-0.4, -0.2) is 29.6 Å². The molecule has 0 unspecified atom stereocenters. The average Bonchev–Trinajstić information content (AvgIpc) is 3.06. The fourth-order valence-electron chi connectivity index (χ4n) is 2.19. The number of furan rings is 1. The van der Waals surface area contributed by atoms with Crippen LogP contribution in [0.3, 0.4) is 0 Å². The predicted octanol–water partition coefficient (Wildman–Crippen LogP) is 3.39. The van der Waals surface area contributed by atoms with Gasteiger partial charge in [0, 0.05) is 6.04 Å². The summed E-state index contributed by atoms with van der Waals surface area (Å²) in [6.07, 6.45) is -1.31. The lowest BCUT2D eigenvalue weighted by molar-refractivity contribution is -0.144. The highest BCUT2D eigenvalue weighted by atomic mass is 19.4. The van der Waals surface area contributed by atoms with Crippen LogP contribution in [0.1, 0.15) is 35.9 Å². The predicted molar refractivity (Wildman–Crippen MR) is 62.7 cm³/mol. The average molecular weight is 275 g/mol. The molecule has 0 bridgehead atoms. The molecule has 106 valence electrons. The van der Waals surface area contributed by atoms with Gasteiger partial charge in [-0.3, -0.25) is 4.79 Å². The second kappa shape index (κ2) is 4.90. The van der Waals surface area contributed by atoms with Crippen LogP contribution in [0.5, 0.6) is 0 Å². The second-order valence-electron chi connectivity index (χ2n) is 5.02. The van der Waals surface area contributed by atoms with E-state index in [1.807, 2.05) is 0 Å². The van der Waals surface area contributed by atoms with Crippen molar-refractivity contribution in [1.82, 2.24) is 4.90 Å². The van der Waals surface area contributed by atoms with E-state index in [0.29, 0.717) is 5.76 Å². The normalized spacial score (nSPS) is 17.3. The maximum absolute atomic E-state index is 12.6. The Bertz CT molecular complexity index is 463. The zero-order chi connectivity index (χ0) is 14.2. The van der Waals surface area contributed by atoms with Gasteiger partial charge in [-0.05, 0) is 38.7 Å². The van der Waals surface area contributed by atoms with Gasteiger partial charge in [0.1, 0.15) is 12.3 Å². The number of carbonyl (C=O) groups is 1. The molecule has 0 N–H and O–H groups in total. The first-order chi connectivity index (χ1) is 8.79. The van der Waals surface area contributed by atoms with Crippen molar-refractivity contribution in [2.75, 3.05) is 6.54 Å². The fraction of sp³-hybridized carbons (Fsp3) is 0.615. The third kappa shape index (κ3) is 3.30. The number of alkyl halides is 3. The number of hydrogen-bond acceptors (Lipinski definition) is 2. The minimum atomic E-state index is -4.39. The van der Waals surface area contributed by atoms with Gasteiger partial charge in [0.2, 0.25) is 0 Å². The van der Waals surface area contributed by atoms with Gasteiger partial charge in [-0.2, -0.15) is 13.2 Å². The van der Waals surface area contributed by atoms with E-state index >= 15 is 0 Å². The molecule has 0 aliphatic heterocycles. The molecule has 0 spiro atoms. The highest BCUT2D eigenvalue weighted by Gasteiger charge is 2.41. The minimum Gasteiger partial charge on any atom is -0.469 e. The number of amides is 1. The van der Waals surface area contributed by atoms with Crippen molar-refractivity contribution in [3.63, 3.8) is 0 Å². The highest BCUT2D eigenvalue weighted by molar-refractivity contribution is 5.95. The van der Waals surface area contributed by atoms with Crippen LogP contribution in [-0.2, 0) is 0 Å². The van der Waals surface area contributed by atoms with Crippen molar-refractivity contribution in [1.29, 1.82) is 0 Å². The molecular formula is C13H16F3NO2. The second-order valence-corrected chi connectivity index (χ2v) is 5.02. The number of hydrogen-bond donors (Lipinski definition) is 0. The van der Waals surface area contributed by atoms with Crippen LogP contribution in [0, 0.1) is 12.8 Å². The Morgan fingerprint density at radius 1 is 1.53 bits per heavy atom. The Morgan fingerprint density at radius 3 is 2.58 bits per heavy atom. The van der Waals surface area contributed by atoms with Gasteiger partial charge in [-0.25, -0.2) is 0 Å². The van der Waals surface area contributed by atoms with Crippen molar-refractivity contribution in [2.45, 2.75) is 38.9 Å². The number of halogens is 3. The van der Waals surface area contributed by atoms with Gasteiger partial charge in [0.25, 0.3) is 5.91 Å². The van der Waals surface area contributed by atoms with Crippen molar-refractivity contribution in [2.24, 2.45) is 5.92 Å². The lowest BCUT2D eigenvalue weighted by Gasteiger charge is -2.30. The van der Waals surface area contributed by atoms with Crippen molar-refractivity contribution >= 4 is 5.91 Å². The maximum atomic E-state index is 12.6. The molecule has 1 aliphatic carbocycles. The molecule has 2 rings (SSSR count). The molecule has 1 aliphatic rings. The van der Waals surface area contributed by atoms with Gasteiger partial charge >= 0.3 is 6.18 Å². The summed E-state index contributed by atoms with van der Waals surface area (Å²) in [5.74, 6) is -0.0818. The van der Waals surface area contributed by atoms with E-state index in [1.54, 1.807) is 13.8 Å². The van der Waals surface area contributed by atoms with Crippen molar-refractivity contribution in [3.05, 3.63) is 23.7 Å². The first-order valence-corrected chi connectivity index (χ1v) is 6.21. The topological polar surface area (TPSA) is 33.5 Å². The molecule has 3 nitrogen and oxygen atoms in total. The monoisotopic (exact) mass is 275 g/mol. The zero-order valence-corrected chi connectivity index (χ0v) is 10.8. The van der Waals surface area contributed by atoms with Gasteiger partial charge in [-0.15, -0.1) is 0 Å². The van der Waals surface area contributed by atoms with E-state index in [1.165, 1.54) is 12.3 Å². The SMILES string of the molecule is Cc1occc1C(=O)N(CC(F)(F)F)[C@@H](C)C1CC1. The van der Waals surface area contributed by atoms with Crippen molar-refractivity contribution in [3.8, 4) is 0 Å². The Kier molecular flexibility index (Phi) is 3.60. The maximum Gasteiger partial charge on any atom is 0.406 e. The van der Waals surface area contributed by atoms with Crippen LogP contribution in [0.2, 0.25) is 0 Å². The molecule has 1 amide bonds. The third-order valence-corrected chi connectivity index (χ3v) is 3.50. The largest absolute Gasteiger partial charge is 0.469 e. The molecule has 0 saturated heterocycles. The number of carbonyl (C=O) groups excluding carboxylic acids is 1. The zero-order valence-electron chi connectivity index (χ0n) is 10.8. The number of aryl methyl sites for hydroxylation is 1. The van der Waals surface area contributed by atoms with E-state index in [9.17, 15) is 18.0 Å². The molecule has 19 heavy (non-hydrogen) atoms. The lowest BCUT2D eigenvalue weighted by atomic mass is 10.1. The van der Waals surface area contributed by atoms with E-state index in [2.05, 4.69) is 0 Å². The standard InChI is InChI=1S/C13H16F3NO2/c1-8(10-3-4-10)17(7-13(14,15)16)12(18)11-5-6-19-9(11)2/h5-6,8,10H,3-4,7H2,1-2H3/t8-/m0/s1.